The van der Waals surface area contributed by atoms with Crippen molar-refractivity contribution in [2.45, 2.75) is 0 Å². The molecule has 1 heterocycles. The molecule has 0 amide bonds. The van der Waals surface area contributed by atoms with Crippen molar-refractivity contribution in [3.8, 4) is 11.3 Å². The number of halogens is 1. The molecule has 6 heteroatoms. The summed E-state index contributed by atoms with van der Waals surface area (Å²) in [5.74, 6) is -1.12. The zero-order valence-corrected chi connectivity index (χ0v) is 10.3. The molecule has 0 fully saturated rings. The Balaban J connectivity index is 2.55. The van der Waals surface area contributed by atoms with Crippen LogP contribution in [0.15, 0.2) is 30.5 Å². The first kappa shape index (κ1) is 12.4. The maximum atomic E-state index is 13.4. The van der Waals surface area contributed by atoms with Crippen LogP contribution in [0.25, 0.3) is 11.3 Å². The van der Waals surface area contributed by atoms with Gasteiger partial charge in [-0.05, 0) is 36.5 Å². The molecule has 0 aliphatic heterocycles. The quantitative estimate of drug-likeness (QED) is 0.669. The van der Waals surface area contributed by atoms with Crippen LogP contribution in [0, 0.1) is 10.6 Å². The van der Waals surface area contributed by atoms with E-state index in [4.69, 9.17) is 12.2 Å². The van der Waals surface area contributed by atoms with Crippen LogP contribution < -0.4 is 0 Å². The van der Waals surface area contributed by atoms with E-state index in [1.165, 1.54) is 25.4 Å². The minimum absolute atomic E-state index is 0.142. The summed E-state index contributed by atoms with van der Waals surface area (Å²) in [6.07, 6.45) is 1.51. The molecule has 0 aliphatic carbocycles. The van der Waals surface area contributed by atoms with E-state index in [1.807, 2.05) is 0 Å². The number of nitrogens with zero attached hydrogens (tertiary/aromatic N) is 1. The van der Waals surface area contributed by atoms with Gasteiger partial charge in [-0.25, -0.2) is 14.2 Å². The number of methoxy groups -OCH3 is 1. The number of rotatable bonds is 2. The molecule has 0 saturated carbocycles. The average molecular weight is 264 g/mol. The summed E-state index contributed by atoms with van der Waals surface area (Å²) >= 11 is 4.89. The molecule has 0 radical (unpaired) electrons. The number of nitrogens with one attached hydrogen (secondary N) is 1. The smallest absolute Gasteiger partial charge is 0.337 e. The summed E-state index contributed by atoms with van der Waals surface area (Å²) in [4.78, 5) is 18.0. The van der Waals surface area contributed by atoms with Gasteiger partial charge in [0.1, 0.15) is 5.82 Å². The van der Waals surface area contributed by atoms with Crippen LogP contribution in [0.2, 0.25) is 0 Å². The van der Waals surface area contributed by atoms with Crippen LogP contribution in [0.1, 0.15) is 10.4 Å². The normalized spacial score (nSPS) is 10.1. The first-order chi connectivity index (χ1) is 8.60. The third-order valence-corrected chi connectivity index (χ3v) is 2.51. The Morgan fingerprint density at radius 1 is 1.44 bits per heavy atom. The molecule has 0 saturated heterocycles. The first-order valence-corrected chi connectivity index (χ1v) is 5.45. The van der Waals surface area contributed by atoms with E-state index in [9.17, 15) is 9.18 Å². The van der Waals surface area contributed by atoms with Gasteiger partial charge in [0.25, 0.3) is 0 Å². The van der Waals surface area contributed by atoms with Crippen LogP contribution in [-0.2, 0) is 4.74 Å². The molecule has 18 heavy (non-hydrogen) atoms. The van der Waals surface area contributed by atoms with E-state index in [0.717, 1.165) is 6.07 Å². The third kappa shape index (κ3) is 2.60. The van der Waals surface area contributed by atoms with Gasteiger partial charge in [-0.2, -0.15) is 0 Å². The zero-order valence-electron chi connectivity index (χ0n) is 9.44. The van der Waals surface area contributed by atoms with Gasteiger partial charge in [-0.15, -0.1) is 0 Å². The number of carbonyl (C=O) groups is 1. The second-order valence-electron chi connectivity index (χ2n) is 3.51. The fourth-order valence-corrected chi connectivity index (χ4v) is 1.69. The van der Waals surface area contributed by atoms with E-state index >= 15 is 0 Å². The van der Waals surface area contributed by atoms with Crippen LogP contribution in [-0.4, -0.2) is 23.0 Å². The lowest BCUT2D eigenvalue weighted by molar-refractivity contribution is 0.0600. The molecular weight excluding hydrogens is 255 g/mol. The average Bonchev–Trinajstić information content (AvgIpc) is 2.37. The van der Waals surface area contributed by atoms with Gasteiger partial charge < -0.3 is 9.72 Å². The number of hydrogen-bond donors (Lipinski definition) is 1. The summed E-state index contributed by atoms with van der Waals surface area (Å²) < 4.78 is 18.3. The second kappa shape index (κ2) is 5.05. The maximum Gasteiger partial charge on any atom is 0.337 e. The predicted molar refractivity (Wildman–Crippen MR) is 66.2 cm³/mol. The van der Waals surface area contributed by atoms with Crippen LogP contribution in [0.5, 0.6) is 0 Å². The van der Waals surface area contributed by atoms with Crippen LogP contribution >= 0.6 is 12.2 Å². The Kier molecular flexibility index (Phi) is 3.47. The number of aromatic nitrogens is 2. The molecule has 1 N–H and O–H groups in total. The number of aromatic amines is 1. The number of ether oxygens (including phenoxy) is 1. The summed E-state index contributed by atoms with van der Waals surface area (Å²) in [5, 5.41) is 0. The van der Waals surface area contributed by atoms with Crippen molar-refractivity contribution < 1.29 is 13.9 Å². The highest BCUT2D eigenvalue weighted by molar-refractivity contribution is 7.71. The van der Waals surface area contributed by atoms with E-state index in [1.54, 1.807) is 6.07 Å². The maximum absolute atomic E-state index is 13.4. The highest BCUT2D eigenvalue weighted by atomic mass is 32.1. The van der Waals surface area contributed by atoms with Crippen molar-refractivity contribution in [3.05, 3.63) is 46.6 Å². The highest BCUT2D eigenvalue weighted by Gasteiger charge is 2.10. The molecule has 0 spiro atoms. The van der Waals surface area contributed by atoms with Crippen molar-refractivity contribution in [3.63, 3.8) is 0 Å². The summed E-state index contributed by atoms with van der Waals surface area (Å²) in [6.45, 7) is 0. The standard InChI is InChI=1S/C12H9FN2O2S/c1-17-11(16)8-4-7(5-9(13)6-8)10-2-3-14-12(18)15-10/h2-6H,1H3,(H,14,15,18). The first-order valence-electron chi connectivity index (χ1n) is 5.05. The second-order valence-corrected chi connectivity index (χ2v) is 3.90. The van der Waals surface area contributed by atoms with Gasteiger partial charge in [0.15, 0.2) is 4.77 Å². The summed E-state index contributed by atoms with van der Waals surface area (Å²) in [7, 11) is 1.24. The molecule has 0 unspecified atom stereocenters. The fourth-order valence-electron chi connectivity index (χ4n) is 1.52. The van der Waals surface area contributed by atoms with Gasteiger partial charge in [0.05, 0.1) is 12.7 Å². The molecule has 92 valence electrons. The molecular formula is C12H9FN2O2S. The number of esters is 1. The van der Waals surface area contributed by atoms with Crippen molar-refractivity contribution in [2.75, 3.05) is 7.11 Å². The number of hydrogen-bond acceptors (Lipinski definition) is 4. The molecule has 0 aliphatic rings. The Bertz CT molecular complexity index is 655. The largest absolute Gasteiger partial charge is 0.465 e. The lowest BCUT2D eigenvalue weighted by Gasteiger charge is -2.05. The molecule has 1 aromatic heterocycles. The SMILES string of the molecule is COC(=O)c1cc(F)cc(-c2ccnc(=S)[nH]2)c1. The minimum Gasteiger partial charge on any atom is -0.465 e. The van der Waals surface area contributed by atoms with Crippen LogP contribution in [0.4, 0.5) is 4.39 Å². The molecule has 4 nitrogen and oxygen atoms in total. The Morgan fingerprint density at radius 2 is 2.22 bits per heavy atom. The van der Waals surface area contributed by atoms with Gasteiger partial charge in [0, 0.05) is 17.5 Å². The molecule has 1 aromatic carbocycles. The van der Waals surface area contributed by atoms with E-state index in [2.05, 4.69) is 14.7 Å². The lowest BCUT2D eigenvalue weighted by atomic mass is 10.1. The molecule has 0 atom stereocenters. The zero-order chi connectivity index (χ0) is 13.1. The molecule has 2 rings (SSSR count). The van der Waals surface area contributed by atoms with Gasteiger partial charge >= 0.3 is 5.97 Å². The van der Waals surface area contributed by atoms with Crippen molar-refractivity contribution in [2.24, 2.45) is 0 Å². The number of H-pyrrole nitrogens is 1. The Morgan fingerprint density at radius 3 is 2.89 bits per heavy atom. The van der Waals surface area contributed by atoms with Crippen molar-refractivity contribution in [1.82, 2.24) is 9.97 Å². The van der Waals surface area contributed by atoms with E-state index in [-0.39, 0.29) is 10.3 Å². The number of carbonyl (C=O) groups excluding carboxylic acids is 1. The summed E-state index contributed by atoms with van der Waals surface area (Å²) in [6, 6.07) is 5.58. The Labute approximate surface area is 107 Å². The van der Waals surface area contributed by atoms with E-state index < -0.39 is 11.8 Å². The monoisotopic (exact) mass is 264 g/mol. The predicted octanol–water partition coefficient (Wildman–Crippen LogP) is 2.73. The fraction of sp³-hybridized carbons (Fsp3) is 0.0833. The van der Waals surface area contributed by atoms with Crippen LogP contribution in [0.3, 0.4) is 0 Å². The Hall–Kier alpha value is -2.08. The topological polar surface area (TPSA) is 55.0 Å². The minimum atomic E-state index is -0.594. The van der Waals surface area contributed by atoms with Gasteiger partial charge in [-0.3, -0.25) is 0 Å². The molecule has 2 aromatic rings. The summed E-state index contributed by atoms with van der Waals surface area (Å²) in [5.41, 5.74) is 1.23. The van der Waals surface area contributed by atoms with Gasteiger partial charge in [-0.1, -0.05) is 0 Å². The lowest BCUT2D eigenvalue weighted by Crippen LogP contribution is -2.02. The number of benzene rings is 1. The third-order valence-electron chi connectivity index (χ3n) is 2.30. The van der Waals surface area contributed by atoms with Gasteiger partial charge in [0.2, 0.25) is 0 Å². The van der Waals surface area contributed by atoms with Crippen molar-refractivity contribution in [1.29, 1.82) is 0 Å². The van der Waals surface area contributed by atoms with Crippen molar-refractivity contribution >= 4 is 18.2 Å². The molecule has 0 bridgehead atoms. The van der Waals surface area contributed by atoms with E-state index in [0.29, 0.717) is 11.3 Å². The highest BCUT2D eigenvalue weighted by Crippen LogP contribution is 2.20.